The molecule has 0 spiro atoms. The molecule has 1 N–H and O–H groups in total. The van der Waals surface area contributed by atoms with E-state index in [4.69, 9.17) is 4.74 Å². The van der Waals surface area contributed by atoms with E-state index in [0.717, 1.165) is 26.1 Å². The van der Waals surface area contributed by atoms with Gasteiger partial charge in [0, 0.05) is 6.61 Å². The Morgan fingerprint density at radius 1 is 1.21 bits per heavy atom. The average Bonchev–Trinajstić information content (AvgIpc) is 2.46. The highest BCUT2D eigenvalue weighted by molar-refractivity contribution is 5.31. The summed E-state index contributed by atoms with van der Waals surface area (Å²) in [5.74, 6) is 0. The molecule has 1 atom stereocenters. The molecule has 0 aliphatic heterocycles. The fourth-order valence-corrected chi connectivity index (χ4v) is 2.76. The van der Waals surface area contributed by atoms with Crippen molar-refractivity contribution in [2.75, 3.05) is 19.7 Å². The van der Waals surface area contributed by atoms with Crippen LogP contribution in [-0.2, 0) is 11.2 Å². The first kappa shape index (κ1) is 14.5. The van der Waals surface area contributed by atoms with Gasteiger partial charge in [0.05, 0.1) is 6.10 Å². The van der Waals surface area contributed by atoms with Gasteiger partial charge in [-0.25, -0.2) is 0 Å². The highest BCUT2D eigenvalue weighted by atomic mass is 16.5. The van der Waals surface area contributed by atoms with Crippen LogP contribution in [0.5, 0.6) is 0 Å². The number of rotatable bonds is 8. The number of fused-ring (bicyclic) bond motifs is 1. The van der Waals surface area contributed by atoms with Gasteiger partial charge < -0.3 is 10.1 Å². The van der Waals surface area contributed by atoms with Crippen LogP contribution in [-0.4, -0.2) is 19.7 Å². The van der Waals surface area contributed by atoms with Crippen LogP contribution in [0.4, 0.5) is 0 Å². The molecule has 1 aromatic rings. The van der Waals surface area contributed by atoms with Crippen molar-refractivity contribution >= 4 is 0 Å². The van der Waals surface area contributed by atoms with Crippen molar-refractivity contribution in [1.82, 2.24) is 5.32 Å². The zero-order chi connectivity index (χ0) is 13.3. The smallest absolute Gasteiger partial charge is 0.0827 e. The predicted molar refractivity (Wildman–Crippen MR) is 80.5 cm³/mol. The van der Waals surface area contributed by atoms with Gasteiger partial charge in [0.1, 0.15) is 0 Å². The molecule has 106 valence electrons. The first-order valence-electron chi connectivity index (χ1n) is 7.82. The summed E-state index contributed by atoms with van der Waals surface area (Å²) < 4.78 is 6.09. The quantitative estimate of drug-likeness (QED) is 0.717. The van der Waals surface area contributed by atoms with Crippen molar-refractivity contribution in [2.24, 2.45) is 0 Å². The molecule has 1 aliphatic carbocycles. The largest absolute Gasteiger partial charge is 0.374 e. The highest BCUT2D eigenvalue weighted by Gasteiger charge is 2.19. The van der Waals surface area contributed by atoms with Crippen molar-refractivity contribution in [1.29, 1.82) is 0 Å². The number of benzene rings is 1. The van der Waals surface area contributed by atoms with Crippen LogP contribution in [0.25, 0.3) is 0 Å². The number of hydrogen-bond acceptors (Lipinski definition) is 2. The van der Waals surface area contributed by atoms with Crippen molar-refractivity contribution in [3.8, 4) is 0 Å². The maximum Gasteiger partial charge on any atom is 0.0827 e. The zero-order valence-electron chi connectivity index (χ0n) is 12.2. The van der Waals surface area contributed by atoms with Crippen LogP contribution in [0.3, 0.4) is 0 Å². The van der Waals surface area contributed by atoms with Gasteiger partial charge in [0.2, 0.25) is 0 Å². The van der Waals surface area contributed by atoms with E-state index >= 15 is 0 Å². The van der Waals surface area contributed by atoms with E-state index in [0.29, 0.717) is 6.10 Å². The Balaban J connectivity index is 1.67. The lowest BCUT2D eigenvalue weighted by Gasteiger charge is -2.25. The Kier molecular flexibility index (Phi) is 6.38. The second-order valence-electron chi connectivity index (χ2n) is 5.41. The minimum atomic E-state index is 0.341. The third-order valence-electron chi connectivity index (χ3n) is 3.81. The molecule has 1 unspecified atom stereocenters. The summed E-state index contributed by atoms with van der Waals surface area (Å²) in [6.07, 6.45) is 7.61. The van der Waals surface area contributed by atoms with E-state index in [1.165, 1.54) is 43.2 Å². The second-order valence-corrected chi connectivity index (χ2v) is 5.41. The van der Waals surface area contributed by atoms with Gasteiger partial charge in [-0.05, 0) is 62.7 Å². The third-order valence-corrected chi connectivity index (χ3v) is 3.81. The van der Waals surface area contributed by atoms with E-state index in [1.807, 2.05) is 0 Å². The lowest BCUT2D eigenvalue weighted by atomic mass is 9.89. The molecule has 2 heteroatoms. The van der Waals surface area contributed by atoms with E-state index < -0.39 is 0 Å². The molecule has 0 heterocycles. The van der Waals surface area contributed by atoms with Crippen LogP contribution in [0, 0.1) is 0 Å². The lowest BCUT2D eigenvalue weighted by Crippen LogP contribution is -2.17. The Bertz CT molecular complexity index is 364. The first-order valence-corrected chi connectivity index (χ1v) is 7.82. The topological polar surface area (TPSA) is 21.3 Å². The van der Waals surface area contributed by atoms with Crippen LogP contribution in [0.1, 0.15) is 56.3 Å². The van der Waals surface area contributed by atoms with E-state index in [9.17, 15) is 0 Å². The summed E-state index contributed by atoms with van der Waals surface area (Å²) in [6.45, 7) is 5.36. The van der Waals surface area contributed by atoms with Crippen LogP contribution < -0.4 is 5.32 Å². The number of nitrogens with one attached hydrogen (secondary N) is 1. The molecular formula is C17H27NO. The van der Waals surface area contributed by atoms with Gasteiger partial charge in [0.15, 0.2) is 0 Å². The van der Waals surface area contributed by atoms with Crippen molar-refractivity contribution in [3.05, 3.63) is 35.4 Å². The number of hydrogen-bond donors (Lipinski definition) is 1. The molecule has 0 radical (unpaired) electrons. The molecule has 0 fully saturated rings. The SMILES string of the molecule is CCCNCCCCOC1CCCc2ccccc21. The van der Waals surface area contributed by atoms with Crippen molar-refractivity contribution in [2.45, 2.75) is 51.6 Å². The number of aryl methyl sites for hydroxylation is 1. The maximum absolute atomic E-state index is 6.09. The molecule has 19 heavy (non-hydrogen) atoms. The fourth-order valence-electron chi connectivity index (χ4n) is 2.76. The Hall–Kier alpha value is -0.860. The molecule has 1 aromatic carbocycles. The Labute approximate surface area is 117 Å². The Morgan fingerprint density at radius 2 is 2.11 bits per heavy atom. The molecule has 0 amide bonds. The normalized spacial score (nSPS) is 18.3. The molecule has 1 aliphatic rings. The summed E-state index contributed by atoms with van der Waals surface area (Å²) >= 11 is 0. The highest BCUT2D eigenvalue weighted by Crippen LogP contribution is 2.32. The van der Waals surface area contributed by atoms with E-state index in [-0.39, 0.29) is 0 Å². The third kappa shape index (κ3) is 4.63. The summed E-state index contributed by atoms with van der Waals surface area (Å²) in [7, 11) is 0. The minimum Gasteiger partial charge on any atom is -0.374 e. The van der Waals surface area contributed by atoms with E-state index in [2.05, 4.69) is 36.5 Å². The molecule has 0 saturated heterocycles. The molecule has 2 rings (SSSR count). The summed E-state index contributed by atoms with van der Waals surface area (Å²) in [6, 6.07) is 8.76. The standard InChI is InChI=1S/C17H27NO/c1-2-12-18-13-5-6-14-19-17-11-7-9-15-8-3-4-10-16(15)17/h3-4,8,10,17-18H,2,5-7,9,11-14H2,1H3. The van der Waals surface area contributed by atoms with Crippen LogP contribution >= 0.6 is 0 Å². The molecule has 2 nitrogen and oxygen atoms in total. The van der Waals surface area contributed by atoms with Gasteiger partial charge in [-0.15, -0.1) is 0 Å². The lowest BCUT2D eigenvalue weighted by molar-refractivity contribution is 0.0385. The monoisotopic (exact) mass is 261 g/mol. The van der Waals surface area contributed by atoms with Crippen molar-refractivity contribution in [3.63, 3.8) is 0 Å². The van der Waals surface area contributed by atoms with Gasteiger partial charge in [-0.2, -0.15) is 0 Å². The summed E-state index contributed by atoms with van der Waals surface area (Å²) in [5.41, 5.74) is 2.92. The predicted octanol–water partition coefficient (Wildman–Crippen LogP) is 3.86. The first-order chi connectivity index (χ1) is 9.42. The van der Waals surface area contributed by atoms with Gasteiger partial charge in [0.25, 0.3) is 0 Å². The molecular weight excluding hydrogens is 234 g/mol. The summed E-state index contributed by atoms with van der Waals surface area (Å²) in [4.78, 5) is 0. The van der Waals surface area contributed by atoms with Crippen molar-refractivity contribution < 1.29 is 4.74 Å². The fraction of sp³-hybridized carbons (Fsp3) is 0.647. The van der Waals surface area contributed by atoms with Crippen LogP contribution in [0.15, 0.2) is 24.3 Å². The maximum atomic E-state index is 6.09. The van der Waals surface area contributed by atoms with Gasteiger partial charge in [-0.3, -0.25) is 0 Å². The van der Waals surface area contributed by atoms with Gasteiger partial charge >= 0.3 is 0 Å². The molecule has 0 bridgehead atoms. The van der Waals surface area contributed by atoms with E-state index in [1.54, 1.807) is 0 Å². The zero-order valence-corrected chi connectivity index (χ0v) is 12.2. The second kappa shape index (κ2) is 8.34. The van der Waals surface area contributed by atoms with Crippen LogP contribution in [0.2, 0.25) is 0 Å². The minimum absolute atomic E-state index is 0.341. The number of ether oxygens (including phenoxy) is 1. The van der Waals surface area contributed by atoms with Gasteiger partial charge in [-0.1, -0.05) is 31.2 Å². The average molecular weight is 261 g/mol. The number of unbranched alkanes of at least 4 members (excludes halogenated alkanes) is 1. The summed E-state index contributed by atoms with van der Waals surface area (Å²) in [5, 5.41) is 3.43. The molecule has 0 aromatic heterocycles. The Morgan fingerprint density at radius 3 is 3.00 bits per heavy atom. The molecule has 0 saturated carbocycles.